The van der Waals surface area contributed by atoms with E-state index >= 15 is 0 Å². The zero-order chi connectivity index (χ0) is 15.4. The number of rotatable bonds is 3. The number of hydrogen-bond donors (Lipinski definition) is 0. The quantitative estimate of drug-likeness (QED) is 0.487. The highest BCUT2D eigenvalue weighted by Gasteiger charge is 2.17. The van der Waals surface area contributed by atoms with Crippen molar-refractivity contribution in [2.24, 2.45) is 0 Å². The second-order valence-electron chi connectivity index (χ2n) is 4.93. The summed E-state index contributed by atoms with van der Waals surface area (Å²) in [7, 11) is 2.02. The molecule has 112 valence electrons. The van der Waals surface area contributed by atoms with E-state index in [2.05, 4.69) is 4.90 Å². The molecular weight excluding hydrogens is 294 g/mol. The van der Waals surface area contributed by atoms with Crippen molar-refractivity contribution in [2.75, 3.05) is 33.2 Å². The van der Waals surface area contributed by atoms with Crippen LogP contribution in [-0.4, -0.2) is 53.9 Å². The molecule has 1 aliphatic rings. The number of hydrogen-bond acceptors (Lipinski definition) is 4. The minimum atomic E-state index is -0.540. The molecule has 21 heavy (non-hydrogen) atoms. The first-order chi connectivity index (χ1) is 9.97. The van der Waals surface area contributed by atoms with Crippen LogP contribution in [0.5, 0.6) is 0 Å². The van der Waals surface area contributed by atoms with E-state index in [1.165, 1.54) is 18.2 Å². The van der Waals surface area contributed by atoms with E-state index in [0.717, 1.165) is 13.1 Å². The van der Waals surface area contributed by atoms with E-state index in [9.17, 15) is 14.9 Å². The van der Waals surface area contributed by atoms with E-state index < -0.39 is 4.92 Å². The molecule has 2 rings (SSSR count). The topological polar surface area (TPSA) is 66.7 Å². The molecule has 0 aromatic heterocycles. The van der Waals surface area contributed by atoms with Gasteiger partial charge in [-0.1, -0.05) is 17.7 Å². The van der Waals surface area contributed by atoms with Crippen LogP contribution < -0.4 is 0 Å². The molecule has 0 spiro atoms. The van der Waals surface area contributed by atoms with Crippen LogP contribution >= 0.6 is 11.6 Å². The van der Waals surface area contributed by atoms with Gasteiger partial charge in [0.05, 0.1) is 4.92 Å². The van der Waals surface area contributed by atoms with Gasteiger partial charge in [-0.25, -0.2) is 0 Å². The van der Waals surface area contributed by atoms with Crippen molar-refractivity contribution in [3.63, 3.8) is 0 Å². The number of halogens is 1. The Labute approximate surface area is 127 Å². The van der Waals surface area contributed by atoms with Crippen molar-refractivity contribution >= 4 is 29.3 Å². The summed E-state index contributed by atoms with van der Waals surface area (Å²) in [5.74, 6) is -0.0827. The lowest BCUT2D eigenvalue weighted by Crippen LogP contribution is -2.46. The summed E-state index contributed by atoms with van der Waals surface area (Å²) in [6.07, 6.45) is 3.02. The van der Waals surface area contributed by atoms with Gasteiger partial charge in [0.1, 0.15) is 5.02 Å². The third-order valence-electron chi connectivity index (χ3n) is 3.40. The zero-order valence-corrected chi connectivity index (χ0v) is 12.4. The Bertz CT molecular complexity index is 581. The molecule has 1 saturated heterocycles. The maximum absolute atomic E-state index is 12.0. The predicted molar refractivity (Wildman–Crippen MR) is 81.2 cm³/mol. The van der Waals surface area contributed by atoms with Crippen molar-refractivity contribution in [1.82, 2.24) is 9.80 Å². The van der Waals surface area contributed by atoms with Crippen molar-refractivity contribution in [3.05, 3.63) is 45.0 Å². The molecule has 0 saturated carbocycles. The minimum absolute atomic E-state index is 0.0827. The standard InChI is InChI=1S/C14H16ClN3O3/c1-16-6-8-17(9-7-16)14(19)5-3-11-2-4-12(15)13(10-11)18(20)21/h2-5,10H,6-9H2,1H3/b5-3+. The van der Waals surface area contributed by atoms with Gasteiger partial charge in [-0.05, 0) is 24.8 Å². The highest BCUT2D eigenvalue weighted by Crippen LogP contribution is 2.25. The summed E-state index contributed by atoms with van der Waals surface area (Å²) in [6, 6.07) is 4.46. The van der Waals surface area contributed by atoms with Gasteiger partial charge in [-0.15, -0.1) is 0 Å². The highest BCUT2D eigenvalue weighted by atomic mass is 35.5. The van der Waals surface area contributed by atoms with Gasteiger partial charge in [0.2, 0.25) is 5.91 Å². The number of amides is 1. The second-order valence-corrected chi connectivity index (χ2v) is 5.34. The number of nitro benzene ring substituents is 1. The van der Waals surface area contributed by atoms with Gasteiger partial charge in [0.25, 0.3) is 5.69 Å². The largest absolute Gasteiger partial charge is 0.337 e. The molecule has 6 nitrogen and oxygen atoms in total. The molecule has 0 radical (unpaired) electrons. The Morgan fingerprint density at radius 3 is 2.62 bits per heavy atom. The summed E-state index contributed by atoms with van der Waals surface area (Å²) in [6.45, 7) is 3.10. The molecule has 1 heterocycles. The summed E-state index contributed by atoms with van der Waals surface area (Å²) >= 11 is 5.74. The second kappa shape index (κ2) is 6.69. The first-order valence-electron chi connectivity index (χ1n) is 6.57. The van der Waals surface area contributed by atoms with Crippen molar-refractivity contribution in [2.45, 2.75) is 0 Å². The van der Waals surface area contributed by atoms with Crippen LogP contribution in [0.1, 0.15) is 5.56 Å². The normalized spacial score (nSPS) is 16.4. The van der Waals surface area contributed by atoms with E-state index in [0.29, 0.717) is 18.7 Å². The van der Waals surface area contributed by atoms with Gasteiger partial charge in [-0.3, -0.25) is 14.9 Å². The maximum atomic E-state index is 12.0. The minimum Gasteiger partial charge on any atom is -0.337 e. The molecule has 0 aliphatic carbocycles. The number of nitro groups is 1. The molecule has 1 amide bonds. The first kappa shape index (κ1) is 15.5. The molecule has 0 N–H and O–H groups in total. The first-order valence-corrected chi connectivity index (χ1v) is 6.94. The summed E-state index contributed by atoms with van der Waals surface area (Å²) in [5, 5.41) is 10.9. The molecule has 0 atom stereocenters. The van der Waals surface area contributed by atoms with Gasteiger partial charge >= 0.3 is 0 Å². The van der Waals surface area contributed by atoms with Crippen molar-refractivity contribution < 1.29 is 9.72 Å². The molecule has 1 aliphatic heterocycles. The fourth-order valence-electron chi connectivity index (χ4n) is 2.07. The van der Waals surface area contributed by atoms with E-state index in [-0.39, 0.29) is 16.6 Å². The zero-order valence-electron chi connectivity index (χ0n) is 11.7. The summed E-state index contributed by atoms with van der Waals surface area (Å²) in [4.78, 5) is 26.2. The van der Waals surface area contributed by atoms with Crippen LogP contribution in [0.25, 0.3) is 6.08 Å². The molecule has 0 unspecified atom stereocenters. The summed E-state index contributed by atoms with van der Waals surface area (Å²) < 4.78 is 0. The van der Waals surface area contributed by atoms with Gasteiger partial charge in [-0.2, -0.15) is 0 Å². The Balaban J connectivity index is 2.05. The molecule has 1 fully saturated rings. The lowest BCUT2D eigenvalue weighted by molar-refractivity contribution is -0.384. The fraction of sp³-hybridized carbons (Fsp3) is 0.357. The van der Waals surface area contributed by atoms with Crippen LogP contribution in [0.4, 0.5) is 5.69 Å². The van der Waals surface area contributed by atoms with E-state index in [4.69, 9.17) is 11.6 Å². The number of benzene rings is 1. The SMILES string of the molecule is CN1CCN(C(=O)/C=C/c2ccc(Cl)c([N+](=O)[O-])c2)CC1. The Hall–Kier alpha value is -1.92. The van der Waals surface area contributed by atoms with E-state index in [1.54, 1.807) is 17.0 Å². The van der Waals surface area contributed by atoms with Crippen LogP contribution in [0.15, 0.2) is 24.3 Å². The van der Waals surface area contributed by atoms with Crippen LogP contribution in [0.2, 0.25) is 5.02 Å². The summed E-state index contributed by atoms with van der Waals surface area (Å²) in [5.41, 5.74) is 0.416. The van der Waals surface area contributed by atoms with Crippen LogP contribution in [0.3, 0.4) is 0 Å². The fourth-order valence-corrected chi connectivity index (χ4v) is 2.26. The van der Waals surface area contributed by atoms with Crippen LogP contribution in [-0.2, 0) is 4.79 Å². The average molecular weight is 310 g/mol. The van der Waals surface area contributed by atoms with Gasteiger partial charge < -0.3 is 9.80 Å². The number of likely N-dealkylation sites (N-methyl/N-ethyl adjacent to an activating group) is 1. The Morgan fingerprint density at radius 1 is 1.33 bits per heavy atom. The lowest BCUT2D eigenvalue weighted by Gasteiger charge is -2.31. The van der Waals surface area contributed by atoms with Crippen molar-refractivity contribution in [1.29, 1.82) is 0 Å². The Morgan fingerprint density at radius 2 is 2.00 bits per heavy atom. The molecule has 7 heteroatoms. The maximum Gasteiger partial charge on any atom is 0.288 e. The lowest BCUT2D eigenvalue weighted by atomic mass is 10.2. The number of carbonyl (C=O) groups excluding carboxylic acids is 1. The number of nitrogens with zero attached hydrogens (tertiary/aromatic N) is 3. The van der Waals surface area contributed by atoms with Gasteiger partial charge in [0.15, 0.2) is 0 Å². The average Bonchev–Trinajstić information content (AvgIpc) is 2.46. The predicted octanol–water partition coefficient (Wildman–Crippen LogP) is 2.04. The molecule has 1 aromatic rings. The van der Waals surface area contributed by atoms with Crippen LogP contribution in [0, 0.1) is 10.1 Å². The number of piperazine rings is 1. The van der Waals surface area contributed by atoms with E-state index in [1.807, 2.05) is 7.05 Å². The third kappa shape index (κ3) is 4.03. The highest BCUT2D eigenvalue weighted by molar-refractivity contribution is 6.32. The smallest absolute Gasteiger partial charge is 0.288 e. The number of carbonyl (C=O) groups is 1. The Kier molecular flexibility index (Phi) is 4.93. The third-order valence-corrected chi connectivity index (χ3v) is 3.72. The monoisotopic (exact) mass is 309 g/mol. The molecule has 1 aromatic carbocycles. The van der Waals surface area contributed by atoms with Gasteiger partial charge in [0, 0.05) is 38.3 Å². The molecule has 0 bridgehead atoms. The molecular formula is C14H16ClN3O3. The van der Waals surface area contributed by atoms with Crippen molar-refractivity contribution in [3.8, 4) is 0 Å².